The van der Waals surface area contributed by atoms with E-state index in [0.29, 0.717) is 0 Å². The molecule has 3 heteroatoms. The molecule has 0 unspecified atom stereocenters. The van der Waals surface area contributed by atoms with Gasteiger partial charge in [0.1, 0.15) is 6.07 Å². The molecule has 0 atom stereocenters. The summed E-state index contributed by atoms with van der Waals surface area (Å²) < 4.78 is 4.94. The maximum atomic E-state index is 11.5. The molecule has 0 aromatic heterocycles. The van der Waals surface area contributed by atoms with Gasteiger partial charge >= 0.3 is 5.97 Å². The normalized spacial score (nSPS) is 11.3. The van der Waals surface area contributed by atoms with Crippen molar-refractivity contribution >= 4 is 12.0 Å². The van der Waals surface area contributed by atoms with Gasteiger partial charge in [0.15, 0.2) is 0 Å². The molecule has 3 nitrogen and oxygen atoms in total. The minimum atomic E-state index is -0.534. The van der Waals surface area contributed by atoms with E-state index in [1.165, 1.54) is 6.08 Å². The maximum absolute atomic E-state index is 11.5. The van der Waals surface area contributed by atoms with Crippen molar-refractivity contribution in [3.05, 3.63) is 53.8 Å². The molecular formula is C16H17NO2. The molecule has 0 saturated carbocycles. The van der Waals surface area contributed by atoms with Crippen LogP contribution in [0.25, 0.3) is 6.08 Å². The van der Waals surface area contributed by atoms with Crippen LogP contribution >= 0.6 is 0 Å². The maximum Gasteiger partial charge on any atom is 0.336 e. The summed E-state index contributed by atoms with van der Waals surface area (Å²) in [6.45, 7) is 2.06. The van der Waals surface area contributed by atoms with Gasteiger partial charge in [-0.25, -0.2) is 4.79 Å². The number of hydrogen-bond donors (Lipinski definition) is 0. The summed E-state index contributed by atoms with van der Waals surface area (Å²) in [4.78, 5) is 11.5. The first-order chi connectivity index (χ1) is 9.26. The Bertz CT molecular complexity index is 495. The number of nitrogens with zero attached hydrogens (tertiary/aromatic N) is 1. The molecule has 0 saturated heterocycles. The van der Waals surface area contributed by atoms with Crippen LogP contribution in [0.4, 0.5) is 0 Å². The highest BCUT2D eigenvalue weighted by Crippen LogP contribution is 2.05. The molecule has 0 N–H and O–H groups in total. The van der Waals surface area contributed by atoms with Crippen molar-refractivity contribution in [3.63, 3.8) is 0 Å². The highest BCUT2D eigenvalue weighted by Gasteiger charge is 2.02. The molecule has 1 aromatic carbocycles. The summed E-state index contributed by atoms with van der Waals surface area (Å²) in [7, 11) is 0. The molecular weight excluding hydrogens is 238 g/mol. The Kier molecular flexibility index (Phi) is 6.75. The minimum absolute atomic E-state index is 0.0659. The van der Waals surface area contributed by atoms with Gasteiger partial charge in [-0.15, -0.1) is 0 Å². The molecule has 0 amide bonds. The summed E-state index contributed by atoms with van der Waals surface area (Å²) in [5.41, 5.74) is 0.910. The lowest BCUT2D eigenvalue weighted by Crippen LogP contribution is -1.99. The van der Waals surface area contributed by atoms with Crippen molar-refractivity contribution in [1.29, 1.82) is 5.26 Å². The number of carbonyl (C=O) groups is 1. The van der Waals surface area contributed by atoms with Crippen LogP contribution in [-0.4, -0.2) is 5.97 Å². The predicted octanol–water partition coefficient (Wildman–Crippen LogP) is 3.84. The molecule has 0 spiro atoms. The number of nitriles is 1. The van der Waals surface area contributed by atoms with Crippen LogP contribution in [-0.2, 0) is 9.53 Å². The molecule has 1 aromatic rings. The fourth-order valence-electron chi connectivity index (χ4n) is 1.42. The molecule has 0 aliphatic heterocycles. The van der Waals surface area contributed by atoms with Gasteiger partial charge in [0.2, 0.25) is 5.76 Å². The second-order valence-corrected chi connectivity index (χ2v) is 3.99. The Hall–Kier alpha value is -2.34. The third-order valence-electron chi connectivity index (χ3n) is 2.42. The fourth-order valence-corrected chi connectivity index (χ4v) is 1.42. The van der Waals surface area contributed by atoms with Crippen LogP contribution < -0.4 is 0 Å². The summed E-state index contributed by atoms with van der Waals surface area (Å²) in [6, 6.07) is 11.3. The van der Waals surface area contributed by atoms with Crippen LogP contribution in [0, 0.1) is 11.3 Å². The lowest BCUT2D eigenvalue weighted by atomic mass is 10.2. The Morgan fingerprint density at radius 2 is 2.11 bits per heavy atom. The highest BCUT2D eigenvalue weighted by molar-refractivity contribution is 5.87. The van der Waals surface area contributed by atoms with Crippen molar-refractivity contribution in [1.82, 2.24) is 0 Å². The molecule has 0 bridgehead atoms. The number of carbonyl (C=O) groups excluding carboxylic acids is 1. The predicted molar refractivity (Wildman–Crippen MR) is 74.8 cm³/mol. The Morgan fingerprint density at radius 3 is 2.74 bits per heavy atom. The van der Waals surface area contributed by atoms with Crippen molar-refractivity contribution in [2.24, 2.45) is 0 Å². The zero-order chi connectivity index (χ0) is 13.9. The fraction of sp³-hybridized carbons (Fsp3) is 0.250. The molecule has 0 aliphatic rings. The lowest BCUT2D eigenvalue weighted by Gasteiger charge is -1.98. The van der Waals surface area contributed by atoms with E-state index in [1.807, 2.05) is 36.4 Å². The number of allylic oxidation sites excluding steroid dienone is 2. The first kappa shape index (κ1) is 14.7. The SMILES string of the molecule is CCCCC=C(C#N)OC(=O)C=Cc1ccccc1. The third-order valence-corrected chi connectivity index (χ3v) is 2.42. The monoisotopic (exact) mass is 255 g/mol. The summed E-state index contributed by atoms with van der Waals surface area (Å²) in [6.07, 6.45) is 7.39. The van der Waals surface area contributed by atoms with Gasteiger partial charge in [-0.05, 0) is 30.6 Å². The summed E-state index contributed by atoms with van der Waals surface area (Å²) >= 11 is 0. The van der Waals surface area contributed by atoms with E-state index in [0.717, 1.165) is 24.8 Å². The van der Waals surface area contributed by atoms with Gasteiger partial charge in [-0.2, -0.15) is 5.26 Å². The van der Waals surface area contributed by atoms with Gasteiger partial charge < -0.3 is 4.74 Å². The van der Waals surface area contributed by atoms with E-state index in [4.69, 9.17) is 10.00 Å². The molecule has 1 rings (SSSR count). The molecule has 98 valence electrons. The second kappa shape index (κ2) is 8.71. The smallest absolute Gasteiger partial charge is 0.336 e. The average molecular weight is 255 g/mol. The van der Waals surface area contributed by atoms with Crippen LogP contribution in [0.1, 0.15) is 31.7 Å². The van der Waals surface area contributed by atoms with E-state index < -0.39 is 5.97 Å². The lowest BCUT2D eigenvalue weighted by molar-refractivity contribution is -0.133. The molecule has 0 aliphatic carbocycles. The van der Waals surface area contributed by atoms with Crippen molar-refractivity contribution < 1.29 is 9.53 Å². The third kappa shape index (κ3) is 6.23. The largest absolute Gasteiger partial charge is 0.412 e. The van der Waals surface area contributed by atoms with Gasteiger partial charge in [0, 0.05) is 6.08 Å². The summed E-state index contributed by atoms with van der Waals surface area (Å²) in [5, 5.41) is 8.84. The van der Waals surface area contributed by atoms with Crippen molar-refractivity contribution in [2.45, 2.75) is 26.2 Å². The van der Waals surface area contributed by atoms with Crippen LogP contribution in [0.3, 0.4) is 0 Å². The first-order valence-corrected chi connectivity index (χ1v) is 6.31. The molecule has 19 heavy (non-hydrogen) atoms. The molecule has 0 radical (unpaired) electrons. The number of unbranched alkanes of at least 4 members (excludes halogenated alkanes) is 2. The number of ether oxygens (including phenoxy) is 1. The van der Waals surface area contributed by atoms with E-state index in [-0.39, 0.29) is 5.76 Å². The quantitative estimate of drug-likeness (QED) is 0.255. The van der Waals surface area contributed by atoms with Gasteiger partial charge in [-0.3, -0.25) is 0 Å². The molecule has 0 fully saturated rings. The van der Waals surface area contributed by atoms with Crippen LogP contribution in [0.5, 0.6) is 0 Å². The first-order valence-electron chi connectivity index (χ1n) is 6.31. The van der Waals surface area contributed by atoms with E-state index >= 15 is 0 Å². The standard InChI is InChI=1S/C16H17NO2/c1-2-3-5-10-15(13-17)19-16(18)12-11-14-8-6-4-7-9-14/h4,6-12H,2-3,5H2,1H3. The Balaban J connectivity index is 2.52. The van der Waals surface area contributed by atoms with Gasteiger partial charge in [0.05, 0.1) is 0 Å². The van der Waals surface area contributed by atoms with E-state index in [2.05, 4.69) is 6.92 Å². The second-order valence-electron chi connectivity index (χ2n) is 3.99. The van der Waals surface area contributed by atoms with Crippen molar-refractivity contribution in [3.8, 4) is 6.07 Å². The molecule has 0 heterocycles. The van der Waals surface area contributed by atoms with E-state index in [1.54, 1.807) is 12.2 Å². The average Bonchev–Trinajstić information content (AvgIpc) is 2.45. The highest BCUT2D eigenvalue weighted by atomic mass is 16.5. The number of esters is 1. The zero-order valence-electron chi connectivity index (χ0n) is 11.0. The summed E-state index contributed by atoms with van der Waals surface area (Å²) in [5.74, 6) is -0.468. The Morgan fingerprint density at radius 1 is 1.37 bits per heavy atom. The Labute approximate surface area is 113 Å². The van der Waals surface area contributed by atoms with Crippen LogP contribution in [0.2, 0.25) is 0 Å². The van der Waals surface area contributed by atoms with E-state index in [9.17, 15) is 4.79 Å². The van der Waals surface area contributed by atoms with Crippen molar-refractivity contribution in [2.75, 3.05) is 0 Å². The number of benzene rings is 1. The number of rotatable bonds is 6. The van der Waals surface area contributed by atoms with Gasteiger partial charge in [0.25, 0.3) is 0 Å². The topological polar surface area (TPSA) is 50.1 Å². The zero-order valence-corrected chi connectivity index (χ0v) is 11.0. The van der Waals surface area contributed by atoms with Gasteiger partial charge in [-0.1, -0.05) is 43.7 Å². The minimum Gasteiger partial charge on any atom is -0.412 e. The van der Waals surface area contributed by atoms with Crippen LogP contribution in [0.15, 0.2) is 48.2 Å². The number of hydrogen-bond acceptors (Lipinski definition) is 3.